The molecule has 3 aromatic rings. The molecule has 0 aliphatic carbocycles. The van der Waals surface area contributed by atoms with Gasteiger partial charge in [0, 0.05) is 30.3 Å². The summed E-state index contributed by atoms with van der Waals surface area (Å²) in [6.07, 6.45) is 1.29. The lowest BCUT2D eigenvalue weighted by atomic mass is 10.1. The second kappa shape index (κ2) is 9.91. The number of rotatable bonds is 7. The smallest absolute Gasteiger partial charge is 0.262 e. The van der Waals surface area contributed by atoms with E-state index in [0.29, 0.717) is 48.9 Å². The number of carbonyl (C=O) groups is 1. The Morgan fingerprint density at radius 1 is 0.909 bits per heavy atom. The fourth-order valence-electron chi connectivity index (χ4n) is 3.29. The molecule has 0 unspecified atom stereocenters. The van der Waals surface area contributed by atoms with Crippen LogP contribution in [-0.4, -0.2) is 34.1 Å². The Labute approximate surface area is 191 Å². The molecule has 1 amide bonds. The Morgan fingerprint density at radius 3 is 2.33 bits per heavy atom. The number of amides is 1. The van der Waals surface area contributed by atoms with Crippen LogP contribution in [0.5, 0.6) is 11.5 Å². The van der Waals surface area contributed by atoms with E-state index in [0.717, 1.165) is 12.0 Å². The van der Waals surface area contributed by atoms with Crippen LogP contribution in [0.1, 0.15) is 22.3 Å². The Hall–Kier alpha value is -3.59. The number of ether oxygens (including phenoxy) is 2. The van der Waals surface area contributed by atoms with Gasteiger partial charge < -0.3 is 14.8 Å². The van der Waals surface area contributed by atoms with Crippen LogP contribution in [0.25, 0.3) is 0 Å². The van der Waals surface area contributed by atoms with Gasteiger partial charge in [-0.3, -0.25) is 9.52 Å². The molecule has 0 radical (unpaired) electrons. The topological polar surface area (TPSA) is 93.7 Å². The van der Waals surface area contributed by atoms with E-state index in [1.54, 1.807) is 30.3 Å². The van der Waals surface area contributed by atoms with Crippen molar-refractivity contribution >= 4 is 21.6 Å². The Bertz CT molecular complexity index is 1230. The number of fused-ring (bicyclic) bond motifs is 1. The van der Waals surface area contributed by atoms with Crippen molar-refractivity contribution in [1.82, 2.24) is 5.32 Å². The third-order valence-corrected chi connectivity index (χ3v) is 6.42. The van der Waals surface area contributed by atoms with Gasteiger partial charge in [-0.15, -0.1) is 0 Å². The summed E-state index contributed by atoms with van der Waals surface area (Å²) in [5, 5.41) is 2.79. The molecule has 172 valence electrons. The largest absolute Gasteiger partial charge is 0.490 e. The molecule has 0 saturated carbocycles. The molecule has 3 aromatic carbocycles. The predicted molar refractivity (Wildman–Crippen MR) is 122 cm³/mol. The molecule has 0 fully saturated rings. The summed E-state index contributed by atoms with van der Waals surface area (Å²) in [4.78, 5) is 12.4. The number of nitrogens with one attached hydrogen (secondary N) is 2. The van der Waals surface area contributed by atoms with Crippen LogP contribution in [0.3, 0.4) is 0 Å². The van der Waals surface area contributed by atoms with E-state index >= 15 is 0 Å². The van der Waals surface area contributed by atoms with Crippen LogP contribution in [0.2, 0.25) is 0 Å². The zero-order valence-corrected chi connectivity index (χ0v) is 18.5. The predicted octanol–water partition coefficient (Wildman–Crippen LogP) is 3.76. The molecule has 4 rings (SSSR count). The second-order valence-electron chi connectivity index (χ2n) is 7.47. The lowest BCUT2D eigenvalue weighted by molar-refractivity contribution is 0.0954. The highest BCUT2D eigenvalue weighted by molar-refractivity contribution is 7.92. The summed E-state index contributed by atoms with van der Waals surface area (Å²) in [5.41, 5.74) is 1.63. The highest BCUT2D eigenvalue weighted by Crippen LogP contribution is 2.32. The maximum atomic E-state index is 12.9. The lowest BCUT2D eigenvalue weighted by Gasteiger charge is -2.12. The van der Waals surface area contributed by atoms with Crippen molar-refractivity contribution in [3.05, 3.63) is 83.7 Å². The highest BCUT2D eigenvalue weighted by atomic mass is 32.2. The van der Waals surface area contributed by atoms with Crippen molar-refractivity contribution in [2.24, 2.45) is 0 Å². The van der Waals surface area contributed by atoms with Gasteiger partial charge >= 0.3 is 0 Å². The normalized spacial score (nSPS) is 13.1. The molecule has 9 heteroatoms. The summed E-state index contributed by atoms with van der Waals surface area (Å²) >= 11 is 0. The molecule has 1 aliphatic heterocycles. The summed E-state index contributed by atoms with van der Waals surface area (Å²) in [6, 6.07) is 16.7. The fraction of sp³-hybridized carbons (Fsp3) is 0.208. The van der Waals surface area contributed by atoms with Crippen LogP contribution in [0.15, 0.2) is 71.6 Å². The number of carbonyl (C=O) groups excluding carboxylic acids is 1. The average molecular weight is 471 g/mol. The van der Waals surface area contributed by atoms with E-state index in [1.165, 1.54) is 36.4 Å². The first kappa shape index (κ1) is 22.6. The van der Waals surface area contributed by atoms with Crippen molar-refractivity contribution in [3.63, 3.8) is 0 Å². The molecule has 1 aliphatic rings. The van der Waals surface area contributed by atoms with Gasteiger partial charge in [-0.1, -0.05) is 12.1 Å². The van der Waals surface area contributed by atoms with Crippen molar-refractivity contribution in [2.75, 3.05) is 24.5 Å². The van der Waals surface area contributed by atoms with Crippen molar-refractivity contribution in [1.29, 1.82) is 0 Å². The zero-order valence-electron chi connectivity index (χ0n) is 17.7. The SMILES string of the molecule is O=C(NCCc1ccc(F)cc1)c1ccc(NS(=O)(=O)c2ccc3c(c2)OCCCO3)cc1. The van der Waals surface area contributed by atoms with Gasteiger partial charge in [0.05, 0.1) is 18.1 Å². The summed E-state index contributed by atoms with van der Waals surface area (Å²) < 4.78 is 52.1. The first-order valence-corrected chi connectivity index (χ1v) is 11.9. The third kappa shape index (κ3) is 5.81. The molecular weight excluding hydrogens is 447 g/mol. The van der Waals surface area contributed by atoms with E-state index < -0.39 is 10.0 Å². The van der Waals surface area contributed by atoms with Crippen molar-refractivity contribution < 1.29 is 27.1 Å². The van der Waals surface area contributed by atoms with E-state index in [-0.39, 0.29) is 16.6 Å². The van der Waals surface area contributed by atoms with Crippen LogP contribution >= 0.6 is 0 Å². The van der Waals surface area contributed by atoms with Gasteiger partial charge in [0.25, 0.3) is 15.9 Å². The number of benzene rings is 3. The molecule has 0 saturated heterocycles. The Morgan fingerprint density at radius 2 is 1.61 bits per heavy atom. The fourth-order valence-corrected chi connectivity index (χ4v) is 4.36. The number of anilines is 1. The highest BCUT2D eigenvalue weighted by Gasteiger charge is 2.19. The maximum absolute atomic E-state index is 12.9. The number of hydrogen-bond acceptors (Lipinski definition) is 5. The number of sulfonamides is 1. The molecule has 0 spiro atoms. The first-order chi connectivity index (χ1) is 15.9. The molecule has 2 N–H and O–H groups in total. The molecule has 0 bridgehead atoms. The minimum absolute atomic E-state index is 0.0503. The van der Waals surface area contributed by atoms with Gasteiger partial charge in [-0.25, -0.2) is 12.8 Å². The average Bonchev–Trinajstić information content (AvgIpc) is 3.05. The van der Waals surface area contributed by atoms with Crippen LogP contribution in [0, 0.1) is 5.82 Å². The molecule has 1 heterocycles. The van der Waals surface area contributed by atoms with E-state index in [2.05, 4.69) is 10.0 Å². The van der Waals surface area contributed by atoms with Crippen LogP contribution < -0.4 is 19.5 Å². The van der Waals surface area contributed by atoms with Gasteiger partial charge in [0.1, 0.15) is 5.82 Å². The van der Waals surface area contributed by atoms with Crippen molar-refractivity contribution in [3.8, 4) is 11.5 Å². The van der Waals surface area contributed by atoms with Crippen molar-refractivity contribution in [2.45, 2.75) is 17.7 Å². The Balaban J connectivity index is 1.36. The van der Waals surface area contributed by atoms with E-state index in [9.17, 15) is 17.6 Å². The minimum Gasteiger partial charge on any atom is -0.490 e. The van der Waals surface area contributed by atoms with Gasteiger partial charge in [-0.05, 0) is 60.5 Å². The van der Waals surface area contributed by atoms with Crippen LogP contribution in [0.4, 0.5) is 10.1 Å². The van der Waals surface area contributed by atoms with Crippen LogP contribution in [-0.2, 0) is 16.4 Å². The molecule has 0 aromatic heterocycles. The van der Waals surface area contributed by atoms with Gasteiger partial charge in [-0.2, -0.15) is 0 Å². The number of hydrogen-bond donors (Lipinski definition) is 2. The summed E-state index contributed by atoms with van der Waals surface area (Å²) in [5.74, 6) is 0.321. The molecular formula is C24H23FN2O5S. The lowest BCUT2D eigenvalue weighted by Crippen LogP contribution is -2.25. The zero-order chi connectivity index (χ0) is 23.3. The second-order valence-corrected chi connectivity index (χ2v) is 9.16. The van der Waals surface area contributed by atoms with E-state index in [4.69, 9.17) is 9.47 Å². The third-order valence-electron chi connectivity index (χ3n) is 5.04. The quantitative estimate of drug-likeness (QED) is 0.549. The Kier molecular flexibility index (Phi) is 6.79. The summed E-state index contributed by atoms with van der Waals surface area (Å²) in [6.45, 7) is 1.36. The number of halogens is 1. The van der Waals surface area contributed by atoms with E-state index in [1.807, 2.05) is 0 Å². The molecule has 0 atom stereocenters. The van der Waals surface area contributed by atoms with Gasteiger partial charge in [0.15, 0.2) is 11.5 Å². The molecule has 33 heavy (non-hydrogen) atoms. The summed E-state index contributed by atoms with van der Waals surface area (Å²) in [7, 11) is -3.85. The molecule has 7 nitrogen and oxygen atoms in total. The standard InChI is InChI=1S/C24H23FN2O5S/c25-19-6-2-17(3-7-19)12-13-26-24(28)18-4-8-20(9-5-18)27-33(29,30)21-10-11-22-23(16-21)32-15-1-14-31-22/h2-11,16,27H,1,12-15H2,(H,26,28). The first-order valence-electron chi connectivity index (χ1n) is 10.5. The minimum atomic E-state index is -3.85. The van der Waals surface area contributed by atoms with Gasteiger partial charge in [0.2, 0.25) is 0 Å². The maximum Gasteiger partial charge on any atom is 0.262 e. The monoisotopic (exact) mass is 470 g/mol.